The van der Waals surface area contributed by atoms with Gasteiger partial charge >= 0.3 is 0 Å². The van der Waals surface area contributed by atoms with E-state index in [1.54, 1.807) is 11.0 Å². The van der Waals surface area contributed by atoms with Crippen LogP contribution in [0, 0.1) is 5.41 Å². The zero-order chi connectivity index (χ0) is 15.1. The van der Waals surface area contributed by atoms with Crippen LogP contribution in [0.3, 0.4) is 0 Å². The highest BCUT2D eigenvalue weighted by molar-refractivity contribution is 5.28. The Labute approximate surface area is 126 Å². The van der Waals surface area contributed by atoms with E-state index in [9.17, 15) is 5.11 Å². The van der Waals surface area contributed by atoms with Gasteiger partial charge in [-0.1, -0.05) is 32.0 Å². The molecule has 1 aromatic carbocycles. The van der Waals surface area contributed by atoms with Gasteiger partial charge in [-0.25, -0.2) is 0 Å². The van der Waals surface area contributed by atoms with Gasteiger partial charge in [0.1, 0.15) is 0 Å². The largest absolute Gasteiger partial charge is 0.396 e. The van der Waals surface area contributed by atoms with Crippen LogP contribution in [0.2, 0.25) is 0 Å². The van der Waals surface area contributed by atoms with Crippen LogP contribution in [0.4, 0.5) is 0 Å². The topological polar surface area (TPSA) is 63.0 Å². The summed E-state index contributed by atoms with van der Waals surface area (Å²) in [6.07, 6.45) is 3.70. The Morgan fingerprint density at radius 2 is 1.90 bits per heavy atom. The minimum absolute atomic E-state index is 0.0323. The van der Waals surface area contributed by atoms with E-state index in [-0.39, 0.29) is 12.0 Å². The van der Waals surface area contributed by atoms with Gasteiger partial charge in [0, 0.05) is 25.1 Å². The number of nitrogens with zero attached hydrogens (tertiary/aromatic N) is 3. The summed E-state index contributed by atoms with van der Waals surface area (Å²) < 4.78 is 0. The molecule has 5 heteroatoms. The predicted molar refractivity (Wildman–Crippen MR) is 83.2 cm³/mol. The van der Waals surface area contributed by atoms with Crippen molar-refractivity contribution in [2.24, 2.45) is 5.41 Å². The van der Waals surface area contributed by atoms with Crippen LogP contribution >= 0.6 is 0 Å². The molecule has 0 amide bonds. The number of rotatable bonds is 8. The Kier molecular flexibility index (Phi) is 5.47. The average molecular weight is 288 g/mol. The number of aliphatic hydroxyl groups excluding tert-OH is 1. The number of nitrogens with one attached hydrogen (secondary N) is 1. The Bertz CT molecular complexity index is 526. The van der Waals surface area contributed by atoms with E-state index in [0.29, 0.717) is 6.54 Å². The molecule has 0 radical (unpaired) electrons. The molecule has 1 aromatic heterocycles. The number of aromatic nitrogens is 3. The van der Waals surface area contributed by atoms with Crippen LogP contribution in [0.5, 0.6) is 0 Å². The molecule has 2 aromatic rings. The monoisotopic (exact) mass is 288 g/mol. The molecule has 0 saturated heterocycles. The van der Waals surface area contributed by atoms with Gasteiger partial charge in [0.05, 0.1) is 17.6 Å². The second-order valence-electron chi connectivity index (χ2n) is 5.43. The molecule has 2 rings (SSSR count). The highest BCUT2D eigenvalue weighted by Crippen LogP contribution is 2.24. The summed E-state index contributed by atoms with van der Waals surface area (Å²) >= 11 is 0. The van der Waals surface area contributed by atoms with Gasteiger partial charge in [0.2, 0.25) is 0 Å². The van der Waals surface area contributed by atoms with E-state index in [0.717, 1.165) is 30.8 Å². The van der Waals surface area contributed by atoms with Gasteiger partial charge in [-0.3, -0.25) is 0 Å². The van der Waals surface area contributed by atoms with Crippen molar-refractivity contribution in [1.82, 2.24) is 20.3 Å². The van der Waals surface area contributed by atoms with Crippen LogP contribution in [0.1, 0.15) is 32.4 Å². The lowest BCUT2D eigenvalue weighted by Crippen LogP contribution is -2.36. The van der Waals surface area contributed by atoms with Crippen molar-refractivity contribution in [3.05, 3.63) is 42.2 Å². The summed E-state index contributed by atoms with van der Waals surface area (Å²) in [4.78, 5) is 1.63. The van der Waals surface area contributed by atoms with Crippen molar-refractivity contribution in [3.8, 4) is 5.69 Å². The maximum atomic E-state index is 9.55. The van der Waals surface area contributed by atoms with E-state index < -0.39 is 0 Å². The first-order valence-electron chi connectivity index (χ1n) is 7.51. The van der Waals surface area contributed by atoms with E-state index in [4.69, 9.17) is 0 Å². The summed E-state index contributed by atoms with van der Waals surface area (Å²) in [6.45, 7) is 5.90. The molecule has 5 nitrogen and oxygen atoms in total. The highest BCUT2D eigenvalue weighted by Gasteiger charge is 2.24. The zero-order valence-corrected chi connectivity index (χ0v) is 12.8. The summed E-state index contributed by atoms with van der Waals surface area (Å²) in [5, 5.41) is 21.7. The summed E-state index contributed by atoms with van der Waals surface area (Å²) in [6, 6.07) is 9.85. The van der Waals surface area contributed by atoms with Gasteiger partial charge in [-0.05, 0) is 25.0 Å². The van der Waals surface area contributed by atoms with E-state index >= 15 is 0 Å². The zero-order valence-electron chi connectivity index (χ0n) is 12.8. The first-order valence-corrected chi connectivity index (χ1v) is 7.51. The molecule has 0 atom stereocenters. The molecule has 0 spiro atoms. The van der Waals surface area contributed by atoms with Gasteiger partial charge < -0.3 is 10.4 Å². The minimum atomic E-state index is -0.0323. The second-order valence-corrected chi connectivity index (χ2v) is 5.43. The first kappa shape index (κ1) is 15.7. The van der Waals surface area contributed by atoms with Gasteiger partial charge in [-0.15, -0.1) is 0 Å². The maximum Gasteiger partial charge on any atom is 0.0969 e. The number of hydrogen-bond acceptors (Lipinski definition) is 4. The van der Waals surface area contributed by atoms with Crippen LogP contribution in [0.15, 0.2) is 36.5 Å². The predicted octanol–water partition coefficient (Wildman–Crippen LogP) is 2.16. The molecule has 2 N–H and O–H groups in total. The Morgan fingerprint density at radius 1 is 1.19 bits per heavy atom. The molecular formula is C16H24N4O. The highest BCUT2D eigenvalue weighted by atomic mass is 16.3. The molecule has 0 aliphatic rings. The standard InChI is InChI=1S/C16H24N4O/c1-3-16(4-2,13-21)12-17-10-14-11-18-20(19-14)15-8-6-5-7-9-15/h5-9,11,17,21H,3-4,10,12-13H2,1-2H3. The normalized spacial score (nSPS) is 11.8. The van der Waals surface area contributed by atoms with Gasteiger partial charge in [-0.2, -0.15) is 15.0 Å². The lowest BCUT2D eigenvalue weighted by atomic mass is 9.83. The lowest BCUT2D eigenvalue weighted by Gasteiger charge is -2.29. The fourth-order valence-electron chi connectivity index (χ4n) is 2.30. The third kappa shape index (κ3) is 3.89. The number of hydrogen-bond donors (Lipinski definition) is 2. The molecule has 114 valence electrons. The third-order valence-electron chi connectivity index (χ3n) is 4.17. The molecule has 0 unspecified atom stereocenters. The molecule has 21 heavy (non-hydrogen) atoms. The van der Waals surface area contributed by atoms with E-state index in [1.807, 2.05) is 30.3 Å². The Morgan fingerprint density at radius 3 is 2.52 bits per heavy atom. The van der Waals surface area contributed by atoms with Crippen LogP contribution in [-0.2, 0) is 6.54 Å². The summed E-state index contributed by atoms with van der Waals surface area (Å²) in [7, 11) is 0. The molecule has 0 saturated carbocycles. The molecule has 1 heterocycles. The van der Waals surface area contributed by atoms with Crippen LogP contribution < -0.4 is 5.32 Å². The van der Waals surface area contributed by atoms with Crippen LogP contribution in [-0.4, -0.2) is 33.3 Å². The van der Waals surface area contributed by atoms with Crippen molar-refractivity contribution in [3.63, 3.8) is 0 Å². The molecular weight excluding hydrogens is 264 g/mol. The second kappa shape index (κ2) is 7.33. The fourth-order valence-corrected chi connectivity index (χ4v) is 2.30. The Hall–Kier alpha value is -1.72. The Balaban J connectivity index is 1.92. The minimum Gasteiger partial charge on any atom is -0.396 e. The van der Waals surface area contributed by atoms with Gasteiger partial charge in [0.15, 0.2) is 0 Å². The molecule has 0 bridgehead atoms. The fraction of sp³-hybridized carbons (Fsp3) is 0.500. The van der Waals surface area contributed by atoms with Crippen molar-refractivity contribution >= 4 is 0 Å². The number of aliphatic hydroxyl groups is 1. The third-order valence-corrected chi connectivity index (χ3v) is 4.17. The van der Waals surface area contributed by atoms with Crippen molar-refractivity contribution < 1.29 is 5.11 Å². The lowest BCUT2D eigenvalue weighted by molar-refractivity contribution is 0.113. The molecule has 0 aliphatic heterocycles. The van der Waals surface area contributed by atoms with Crippen molar-refractivity contribution in [2.45, 2.75) is 33.2 Å². The average Bonchev–Trinajstić information content (AvgIpc) is 3.02. The quantitative estimate of drug-likeness (QED) is 0.781. The smallest absolute Gasteiger partial charge is 0.0969 e. The molecule has 0 fully saturated rings. The number of benzene rings is 1. The van der Waals surface area contributed by atoms with Gasteiger partial charge in [0.25, 0.3) is 0 Å². The van der Waals surface area contributed by atoms with Crippen molar-refractivity contribution in [2.75, 3.05) is 13.2 Å². The summed E-state index contributed by atoms with van der Waals surface area (Å²) in [5.74, 6) is 0. The summed E-state index contributed by atoms with van der Waals surface area (Å²) in [5.41, 5.74) is 1.82. The van der Waals surface area contributed by atoms with Crippen molar-refractivity contribution in [1.29, 1.82) is 0 Å². The van der Waals surface area contributed by atoms with E-state index in [2.05, 4.69) is 29.4 Å². The SMILES string of the molecule is CCC(CC)(CO)CNCc1cnn(-c2ccccc2)n1. The maximum absolute atomic E-state index is 9.55. The first-order chi connectivity index (χ1) is 10.2. The molecule has 0 aliphatic carbocycles. The number of para-hydroxylation sites is 1. The van der Waals surface area contributed by atoms with Crippen LogP contribution in [0.25, 0.3) is 5.69 Å². The van der Waals surface area contributed by atoms with E-state index in [1.165, 1.54) is 0 Å².